The normalized spacial score (nSPS) is 15.2. The molecular weight excluding hydrogens is 452 g/mol. The smallest absolute Gasteiger partial charge is 0.326 e. The van der Waals surface area contributed by atoms with Crippen LogP contribution in [0.15, 0.2) is 24.3 Å². The highest BCUT2D eigenvalue weighted by atomic mass is 16.4. The van der Waals surface area contributed by atoms with Crippen LogP contribution in [0.25, 0.3) is 0 Å². The van der Waals surface area contributed by atoms with Crippen LogP contribution in [0.2, 0.25) is 0 Å². The fourth-order valence-electron chi connectivity index (χ4n) is 2.81. The number of carboxylic acids is 2. The van der Waals surface area contributed by atoms with Crippen molar-refractivity contribution in [3.8, 4) is 5.75 Å². The molecule has 0 aliphatic rings. The third-order valence-corrected chi connectivity index (χ3v) is 4.81. The van der Waals surface area contributed by atoms with Crippen molar-refractivity contribution in [3.63, 3.8) is 0 Å². The van der Waals surface area contributed by atoms with E-state index in [0.29, 0.717) is 5.56 Å². The molecule has 1 aromatic rings. The average molecular weight is 482 g/mol. The molecule has 0 spiro atoms. The lowest BCUT2D eigenvalue weighted by atomic mass is 10.1. The molecule has 9 N–H and O–H groups in total. The third-order valence-electron chi connectivity index (χ3n) is 4.81. The Morgan fingerprint density at radius 3 is 2.00 bits per heavy atom. The van der Waals surface area contributed by atoms with Crippen LogP contribution >= 0.6 is 0 Å². The number of hydrogen-bond acceptors (Lipinski definition) is 8. The highest BCUT2D eigenvalue weighted by Crippen LogP contribution is 2.11. The van der Waals surface area contributed by atoms with Gasteiger partial charge in [0.2, 0.25) is 17.7 Å². The van der Waals surface area contributed by atoms with E-state index in [-0.39, 0.29) is 25.0 Å². The van der Waals surface area contributed by atoms with E-state index >= 15 is 0 Å². The van der Waals surface area contributed by atoms with E-state index in [1.165, 1.54) is 38.1 Å². The number of carbonyl (C=O) groups is 5. The Labute approximate surface area is 195 Å². The molecule has 1 rings (SSSR count). The van der Waals surface area contributed by atoms with Gasteiger partial charge >= 0.3 is 11.9 Å². The zero-order valence-electron chi connectivity index (χ0n) is 18.7. The topological polar surface area (TPSA) is 228 Å². The highest BCUT2D eigenvalue weighted by Gasteiger charge is 2.31. The molecule has 13 nitrogen and oxygen atoms in total. The van der Waals surface area contributed by atoms with E-state index in [2.05, 4.69) is 16.0 Å². The van der Waals surface area contributed by atoms with Crippen molar-refractivity contribution < 1.29 is 44.4 Å². The van der Waals surface area contributed by atoms with Gasteiger partial charge < -0.3 is 42.1 Å². The monoisotopic (exact) mass is 482 g/mol. The van der Waals surface area contributed by atoms with Gasteiger partial charge in [-0.2, -0.15) is 0 Å². The first-order valence-corrected chi connectivity index (χ1v) is 10.4. The quantitative estimate of drug-likeness (QED) is 0.155. The second-order valence-corrected chi connectivity index (χ2v) is 7.77. The number of hydrogen-bond donors (Lipinski definition) is 8. The molecule has 3 amide bonds. The number of rotatable bonds is 13. The van der Waals surface area contributed by atoms with Crippen molar-refractivity contribution in [3.05, 3.63) is 29.8 Å². The standard InChI is InChI=1S/C21H30N4O9/c1-10(18(30)24-15(21(33)34)9-12-3-5-13(27)6-4-12)23-20(32)17(11(2)26)25-19(31)14(22)7-8-16(28)29/h3-6,10-11,14-15,17,26-27H,7-9,22H2,1-2H3,(H,23,32)(H,24,30)(H,25,31)(H,28,29)(H,33,34). The maximum atomic E-state index is 12.5. The molecule has 0 bridgehead atoms. The number of nitrogens with two attached hydrogens (primary N) is 1. The predicted molar refractivity (Wildman–Crippen MR) is 117 cm³/mol. The molecule has 0 aromatic heterocycles. The number of benzene rings is 1. The lowest BCUT2D eigenvalue weighted by Gasteiger charge is -2.25. The van der Waals surface area contributed by atoms with Crippen molar-refractivity contribution >= 4 is 29.7 Å². The van der Waals surface area contributed by atoms with Gasteiger partial charge in [0.25, 0.3) is 0 Å². The molecule has 0 saturated heterocycles. The number of carboxylic acid groups (broad SMARTS) is 2. The zero-order valence-corrected chi connectivity index (χ0v) is 18.7. The van der Waals surface area contributed by atoms with Gasteiger partial charge in [-0.25, -0.2) is 4.79 Å². The molecular formula is C21H30N4O9. The van der Waals surface area contributed by atoms with Crippen molar-refractivity contribution in [2.75, 3.05) is 0 Å². The lowest BCUT2D eigenvalue weighted by molar-refractivity contribution is -0.142. The molecule has 0 heterocycles. The fraction of sp³-hybridized carbons (Fsp3) is 0.476. The van der Waals surface area contributed by atoms with Crippen molar-refractivity contribution in [2.24, 2.45) is 5.73 Å². The Kier molecular flexibility index (Phi) is 10.9. The van der Waals surface area contributed by atoms with E-state index < -0.39 is 59.9 Å². The molecule has 13 heteroatoms. The second-order valence-electron chi connectivity index (χ2n) is 7.77. The Balaban J connectivity index is 2.74. The second kappa shape index (κ2) is 13.1. The van der Waals surface area contributed by atoms with Gasteiger partial charge in [-0.3, -0.25) is 19.2 Å². The Morgan fingerprint density at radius 2 is 1.50 bits per heavy atom. The molecule has 188 valence electrons. The number of phenolic OH excluding ortho intramolecular Hbond substituents is 1. The Morgan fingerprint density at radius 1 is 0.912 bits per heavy atom. The van der Waals surface area contributed by atoms with Crippen LogP contribution in [0.4, 0.5) is 0 Å². The van der Waals surface area contributed by atoms with Crippen LogP contribution < -0.4 is 21.7 Å². The number of aliphatic hydroxyl groups is 1. The van der Waals surface area contributed by atoms with Gasteiger partial charge in [-0.1, -0.05) is 12.1 Å². The van der Waals surface area contributed by atoms with Gasteiger partial charge in [-0.05, 0) is 38.0 Å². The van der Waals surface area contributed by atoms with Gasteiger partial charge in [0.05, 0.1) is 12.1 Å². The lowest BCUT2D eigenvalue weighted by Crippen LogP contribution is -2.59. The number of carbonyl (C=O) groups excluding carboxylic acids is 3. The summed E-state index contributed by atoms with van der Waals surface area (Å²) in [6, 6.07) is 0.463. The number of aliphatic hydroxyl groups excluding tert-OH is 1. The first-order chi connectivity index (χ1) is 15.8. The summed E-state index contributed by atoms with van der Waals surface area (Å²) in [4.78, 5) is 59.3. The summed E-state index contributed by atoms with van der Waals surface area (Å²) < 4.78 is 0. The summed E-state index contributed by atoms with van der Waals surface area (Å²) in [5.41, 5.74) is 6.14. The van der Waals surface area contributed by atoms with Crippen LogP contribution in [-0.2, 0) is 30.4 Å². The van der Waals surface area contributed by atoms with Crippen molar-refractivity contribution in [2.45, 2.75) is 63.4 Å². The summed E-state index contributed by atoms with van der Waals surface area (Å²) in [7, 11) is 0. The van der Waals surface area contributed by atoms with Crippen LogP contribution in [0.3, 0.4) is 0 Å². The highest BCUT2D eigenvalue weighted by molar-refractivity contribution is 5.94. The minimum atomic E-state index is -1.49. The van der Waals surface area contributed by atoms with Gasteiger partial charge in [0.1, 0.15) is 23.9 Å². The van der Waals surface area contributed by atoms with Crippen molar-refractivity contribution in [1.82, 2.24) is 16.0 Å². The molecule has 5 unspecified atom stereocenters. The first-order valence-electron chi connectivity index (χ1n) is 10.4. The number of phenols is 1. The van der Waals surface area contributed by atoms with E-state index in [4.69, 9.17) is 10.8 Å². The van der Waals surface area contributed by atoms with E-state index in [0.717, 1.165) is 0 Å². The number of nitrogens with one attached hydrogen (secondary N) is 3. The maximum Gasteiger partial charge on any atom is 0.326 e. The van der Waals surface area contributed by atoms with E-state index in [1.54, 1.807) is 0 Å². The fourth-order valence-corrected chi connectivity index (χ4v) is 2.81. The van der Waals surface area contributed by atoms with Crippen LogP contribution in [-0.4, -0.2) is 80.4 Å². The first kappa shape index (κ1) is 28.3. The predicted octanol–water partition coefficient (Wildman–Crippen LogP) is -1.93. The maximum absolute atomic E-state index is 12.5. The summed E-state index contributed by atoms with van der Waals surface area (Å²) in [6.07, 6.45) is -2.02. The average Bonchev–Trinajstić information content (AvgIpc) is 2.75. The molecule has 34 heavy (non-hydrogen) atoms. The van der Waals surface area contributed by atoms with E-state index in [9.17, 15) is 39.3 Å². The van der Waals surface area contributed by atoms with Crippen LogP contribution in [0.1, 0.15) is 32.3 Å². The summed E-state index contributed by atoms with van der Waals surface area (Å²) >= 11 is 0. The molecule has 0 radical (unpaired) electrons. The minimum absolute atomic E-state index is 0.00130. The Bertz CT molecular complexity index is 889. The van der Waals surface area contributed by atoms with Gasteiger partial charge in [0.15, 0.2) is 0 Å². The summed E-state index contributed by atoms with van der Waals surface area (Å²) in [5, 5.41) is 44.1. The Hall–Kier alpha value is -3.71. The largest absolute Gasteiger partial charge is 0.508 e. The summed E-state index contributed by atoms with van der Waals surface area (Å²) in [5.74, 6) is -5.09. The number of aromatic hydroxyl groups is 1. The van der Waals surface area contributed by atoms with E-state index in [1.807, 2.05) is 0 Å². The third kappa shape index (κ3) is 9.42. The van der Waals surface area contributed by atoms with Crippen molar-refractivity contribution in [1.29, 1.82) is 0 Å². The molecule has 0 aliphatic heterocycles. The zero-order chi connectivity index (χ0) is 26.0. The number of aliphatic carboxylic acids is 2. The molecule has 0 fully saturated rings. The van der Waals surface area contributed by atoms with Gasteiger partial charge in [0, 0.05) is 12.8 Å². The molecule has 1 aromatic carbocycles. The summed E-state index contributed by atoms with van der Waals surface area (Å²) in [6.45, 7) is 2.50. The van der Waals surface area contributed by atoms with Crippen LogP contribution in [0.5, 0.6) is 5.75 Å². The molecule has 0 saturated carbocycles. The minimum Gasteiger partial charge on any atom is -0.508 e. The van der Waals surface area contributed by atoms with Crippen LogP contribution in [0, 0.1) is 0 Å². The SMILES string of the molecule is CC(NC(=O)C(NC(=O)C(N)CCC(=O)O)C(C)O)C(=O)NC(Cc1ccc(O)cc1)C(=O)O. The number of amides is 3. The molecule has 0 aliphatic carbocycles. The van der Waals surface area contributed by atoms with Gasteiger partial charge in [-0.15, -0.1) is 0 Å². The molecule has 5 atom stereocenters.